The van der Waals surface area contributed by atoms with Gasteiger partial charge in [-0.3, -0.25) is 4.79 Å². The maximum atomic E-state index is 14.7. The minimum Gasteiger partial charge on any atom is -0.481 e. The van der Waals surface area contributed by atoms with Gasteiger partial charge in [0.15, 0.2) is 5.76 Å². The molecule has 0 saturated carbocycles. The first kappa shape index (κ1) is 24.6. The number of aryl methyl sites for hydroxylation is 1. The monoisotopic (exact) mass is 492 g/mol. The lowest BCUT2D eigenvalue weighted by molar-refractivity contribution is -0.136. The third-order valence-corrected chi connectivity index (χ3v) is 5.47. The lowest BCUT2D eigenvalue weighted by Gasteiger charge is -2.23. The van der Waals surface area contributed by atoms with Crippen molar-refractivity contribution in [2.75, 3.05) is 11.5 Å². The summed E-state index contributed by atoms with van der Waals surface area (Å²) in [7, 11) is 0. The highest BCUT2D eigenvalue weighted by molar-refractivity contribution is 6.00. The normalized spacial score (nSPS) is 10.8. The van der Waals surface area contributed by atoms with Crippen molar-refractivity contribution in [3.05, 3.63) is 89.7 Å². The third-order valence-electron chi connectivity index (χ3n) is 5.47. The molecule has 3 aromatic carbocycles. The Morgan fingerprint density at radius 1 is 0.917 bits per heavy atom. The molecule has 0 aliphatic carbocycles. The molecule has 36 heavy (non-hydrogen) atoms. The minimum absolute atomic E-state index is 0.00891. The van der Waals surface area contributed by atoms with Crippen LogP contribution in [-0.2, 0) is 16.0 Å². The SMILES string of the molecule is CCOC(=O)N(c1c(F)cccc1F)c1c(-c2ccc(-c3ccc(CC(=O)O)cc3)cc2)noc1C. The van der Waals surface area contributed by atoms with Gasteiger partial charge in [-0.15, -0.1) is 0 Å². The molecule has 9 heteroatoms. The van der Waals surface area contributed by atoms with E-state index >= 15 is 0 Å². The van der Waals surface area contributed by atoms with Gasteiger partial charge in [0, 0.05) is 5.56 Å². The number of para-hydroxylation sites is 1. The van der Waals surface area contributed by atoms with E-state index in [1.165, 1.54) is 13.0 Å². The Kier molecular flexibility index (Phi) is 7.10. The smallest absolute Gasteiger partial charge is 0.419 e. The number of amides is 1. The standard InChI is InChI=1S/C27H22F2N2O5/c1-3-35-27(34)31(26-21(28)5-4-6-22(26)29)25-16(2)36-30-24(25)20-13-11-19(12-14-20)18-9-7-17(8-10-18)15-23(32)33/h4-14H,3,15H2,1-2H3,(H,32,33). The van der Waals surface area contributed by atoms with Crippen LogP contribution >= 0.6 is 0 Å². The molecule has 1 heterocycles. The van der Waals surface area contributed by atoms with Gasteiger partial charge in [0.2, 0.25) is 0 Å². The fraction of sp³-hybridized carbons (Fsp3) is 0.148. The second-order valence-corrected chi connectivity index (χ2v) is 7.89. The molecule has 4 rings (SSSR count). The Morgan fingerprint density at radius 3 is 2.03 bits per heavy atom. The summed E-state index contributed by atoms with van der Waals surface area (Å²) in [6, 6.07) is 17.5. The van der Waals surface area contributed by atoms with Gasteiger partial charge in [0.1, 0.15) is 28.7 Å². The topological polar surface area (TPSA) is 92.9 Å². The number of carboxylic acid groups (broad SMARTS) is 1. The lowest BCUT2D eigenvalue weighted by Crippen LogP contribution is -2.29. The van der Waals surface area contributed by atoms with Gasteiger partial charge < -0.3 is 14.4 Å². The molecule has 1 aromatic heterocycles. The van der Waals surface area contributed by atoms with E-state index in [2.05, 4.69) is 5.16 Å². The van der Waals surface area contributed by atoms with E-state index in [-0.39, 0.29) is 30.2 Å². The number of carbonyl (C=O) groups is 2. The summed E-state index contributed by atoms with van der Waals surface area (Å²) in [6.07, 6.45) is -1.04. The molecule has 184 valence electrons. The van der Waals surface area contributed by atoms with E-state index in [4.69, 9.17) is 14.4 Å². The van der Waals surface area contributed by atoms with Crippen molar-refractivity contribution in [1.82, 2.24) is 5.16 Å². The molecule has 0 saturated heterocycles. The molecular weight excluding hydrogens is 470 g/mol. The number of rotatable bonds is 7. The number of aromatic nitrogens is 1. The maximum absolute atomic E-state index is 14.7. The van der Waals surface area contributed by atoms with Crippen LogP contribution in [0.5, 0.6) is 0 Å². The van der Waals surface area contributed by atoms with Crippen molar-refractivity contribution in [3.8, 4) is 22.4 Å². The van der Waals surface area contributed by atoms with Crippen LogP contribution in [0.1, 0.15) is 18.2 Å². The van der Waals surface area contributed by atoms with Gasteiger partial charge in [-0.05, 0) is 42.7 Å². The number of nitrogens with zero attached hydrogens (tertiary/aromatic N) is 2. The zero-order valence-electron chi connectivity index (χ0n) is 19.5. The van der Waals surface area contributed by atoms with Gasteiger partial charge in [-0.2, -0.15) is 0 Å². The molecule has 4 aromatic rings. The van der Waals surface area contributed by atoms with Crippen molar-refractivity contribution in [3.63, 3.8) is 0 Å². The fourth-order valence-corrected chi connectivity index (χ4v) is 3.82. The number of benzene rings is 3. The number of anilines is 2. The number of halogens is 2. The van der Waals surface area contributed by atoms with Crippen molar-refractivity contribution < 1.29 is 32.7 Å². The Morgan fingerprint density at radius 2 is 1.47 bits per heavy atom. The van der Waals surface area contributed by atoms with Crippen molar-refractivity contribution in [2.24, 2.45) is 0 Å². The zero-order valence-corrected chi connectivity index (χ0v) is 19.5. The lowest BCUT2D eigenvalue weighted by atomic mass is 10.0. The second kappa shape index (κ2) is 10.4. The summed E-state index contributed by atoms with van der Waals surface area (Å²) >= 11 is 0. The van der Waals surface area contributed by atoms with Crippen LogP contribution in [0.15, 0.2) is 71.3 Å². The Balaban J connectivity index is 1.74. The van der Waals surface area contributed by atoms with Gasteiger partial charge >= 0.3 is 12.1 Å². The minimum atomic E-state index is -0.980. The molecule has 0 atom stereocenters. The molecular formula is C27H22F2N2O5. The van der Waals surface area contributed by atoms with Crippen LogP contribution < -0.4 is 4.90 Å². The van der Waals surface area contributed by atoms with Gasteiger partial charge in [-0.25, -0.2) is 18.5 Å². The molecule has 7 nitrogen and oxygen atoms in total. The summed E-state index contributed by atoms with van der Waals surface area (Å²) in [6.45, 7) is 3.11. The predicted molar refractivity (Wildman–Crippen MR) is 129 cm³/mol. The molecule has 0 spiro atoms. The first-order valence-corrected chi connectivity index (χ1v) is 11.1. The largest absolute Gasteiger partial charge is 0.481 e. The van der Waals surface area contributed by atoms with E-state index in [0.717, 1.165) is 28.2 Å². The summed E-state index contributed by atoms with van der Waals surface area (Å²) in [5.74, 6) is -2.63. The maximum Gasteiger partial charge on any atom is 0.419 e. The van der Waals surface area contributed by atoms with Crippen LogP contribution in [0.3, 0.4) is 0 Å². The van der Waals surface area contributed by atoms with Crippen molar-refractivity contribution in [2.45, 2.75) is 20.3 Å². The highest BCUT2D eigenvalue weighted by atomic mass is 19.1. The summed E-state index contributed by atoms with van der Waals surface area (Å²) in [5.41, 5.74) is 2.61. The van der Waals surface area contributed by atoms with E-state index in [0.29, 0.717) is 11.1 Å². The molecule has 0 aliphatic heterocycles. The number of hydrogen-bond acceptors (Lipinski definition) is 5. The summed E-state index contributed by atoms with van der Waals surface area (Å²) in [4.78, 5) is 24.6. The van der Waals surface area contributed by atoms with E-state index in [9.17, 15) is 18.4 Å². The van der Waals surface area contributed by atoms with Gasteiger partial charge in [0.05, 0.1) is 13.0 Å². The Hall–Kier alpha value is -4.53. The predicted octanol–water partition coefficient (Wildman–Crippen LogP) is 6.52. The Labute approximate surface area is 205 Å². The third kappa shape index (κ3) is 4.95. The Bertz CT molecular complexity index is 1380. The van der Waals surface area contributed by atoms with Gasteiger partial charge in [-0.1, -0.05) is 59.8 Å². The second-order valence-electron chi connectivity index (χ2n) is 7.89. The average Bonchev–Trinajstić information content (AvgIpc) is 3.22. The van der Waals surface area contributed by atoms with Crippen LogP contribution in [0.4, 0.5) is 25.0 Å². The van der Waals surface area contributed by atoms with Crippen molar-refractivity contribution >= 4 is 23.4 Å². The summed E-state index contributed by atoms with van der Waals surface area (Å²) in [5, 5.41) is 13.0. The van der Waals surface area contributed by atoms with E-state index < -0.39 is 29.4 Å². The highest BCUT2D eigenvalue weighted by Crippen LogP contribution is 2.40. The zero-order chi connectivity index (χ0) is 25.8. The molecule has 0 radical (unpaired) electrons. The quantitative estimate of drug-likeness (QED) is 0.316. The van der Waals surface area contributed by atoms with Crippen LogP contribution in [0.25, 0.3) is 22.4 Å². The number of ether oxygens (including phenoxy) is 1. The number of aliphatic carboxylic acids is 1. The molecule has 0 aliphatic rings. The molecule has 0 unspecified atom stereocenters. The number of carboxylic acids is 1. The number of hydrogen-bond donors (Lipinski definition) is 1. The van der Waals surface area contributed by atoms with Crippen molar-refractivity contribution in [1.29, 1.82) is 0 Å². The first-order valence-electron chi connectivity index (χ1n) is 11.1. The molecule has 0 fully saturated rings. The molecule has 1 N–H and O–H groups in total. The highest BCUT2D eigenvalue weighted by Gasteiger charge is 2.32. The fourth-order valence-electron chi connectivity index (χ4n) is 3.82. The van der Waals surface area contributed by atoms with E-state index in [1.807, 2.05) is 24.3 Å². The van der Waals surface area contributed by atoms with Gasteiger partial charge in [0.25, 0.3) is 0 Å². The average molecular weight is 492 g/mol. The molecule has 1 amide bonds. The van der Waals surface area contributed by atoms with E-state index in [1.54, 1.807) is 31.2 Å². The number of carbonyl (C=O) groups excluding carboxylic acids is 1. The molecule has 0 bridgehead atoms. The summed E-state index contributed by atoms with van der Waals surface area (Å²) < 4.78 is 39.9. The van der Waals surface area contributed by atoms with Crippen LogP contribution in [0.2, 0.25) is 0 Å². The first-order chi connectivity index (χ1) is 17.3. The van der Waals surface area contributed by atoms with Crippen LogP contribution in [0, 0.1) is 18.6 Å². The van der Waals surface area contributed by atoms with Crippen LogP contribution in [-0.4, -0.2) is 28.9 Å².